The van der Waals surface area contributed by atoms with Crippen molar-refractivity contribution in [3.05, 3.63) is 26.5 Å². The third-order valence-corrected chi connectivity index (χ3v) is 3.05. The van der Waals surface area contributed by atoms with E-state index < -0.39 is 5.91 Å². The van der Waals surface area contributed by atoms with Crippen molar-refractivity contribution < 1.29 is 9.21 Å². The normalized spacial score (nSPS) is 11.1. The van der Waals surface area contributed by atoms with Crippen LogP contribution in [0.1, 0.15) is 5.76 Å². The second-order valence-electron chi connectivity index (χ2n) is 2.30. The number of hydrogen-bond donors (Lipinski definition) is 1. The van der Waals surface area contributed by atoms with E-state index in [0.29, 0.717) is 14.9 Å². The Kier molecular flexibility index (Phi) is 3.49. The molecule has 0 spiro atoms. The highest BCUT2D eigenvalue weighted by atomic mass is 79.9. The molecule has 0 saturated heterocycles. The van der Waals surface area contributed by atoms with Crippen LogP contribution in [-0.4, -0.2) is 5.91 Å². The summed E-state index contributed by atoms with van der Waals surface area (Å²) in [4.78, 5) is 10.7. The van der Waals surface area contributed by atoms with Gasteiger partial charge >= 0.3 is 0 Å². The molecule has 1 amide bonds. The van der Waals surface area contributed by atoms with Gasteiger partial charge in [-0.2, -0.15) is 5.26 Å². The van der Waals surface area contributed by atoms with Crippen LogP contribution in [0.15, 0.2) is 25.2 Å². The SMILES string of the molecule is N#C/C(=C/c1cc(Br)c(Br)o1)C(N)=O. The highest BCUT2D eigenvalue weighted by Crippen LogP contribution is 2.27. The number of nitrogens with zero attached hydrogens (tertiary/aromatic N) is 1. The Bertz CT molecular complexity index is 423. The molecule has 0 unspecified atom stereocenters. The Morgan fingerprint density at radius 3 is 2.64 bits per heavy atom. The van der Waals surface area contributed by atoms with Crippen molar-refractivity contribution in [1.82, 2.24) is 0 Å². The highest BCUT2D eigenvalue weighted by Gasteiger charge is 2.08. The number of carbonyl (C=O) groups excluding carboxylic acids is 1. The monoisotopic (exact) mass is 318 g/mol. The summed E-state index contributed by atoms with van der Waals surface area (Å²) < 4.78 is 6.32. The second kappa shape index (κ2) is 4.44. The zero-order valence-corrected chi connectivity index (χ0v) is 9.92. The van der Waals surface area contributed by atoms with Crippen LogP contribution < -0.4 is 5.73 Å². The summed E-state index contributed by atoms with van der Waals surface area (Å²) in [5, 5.41) is 8.55. The van der Waals surface area contributed by atoms with Gasteiger partial charge in [-0.3, -0.25) is 4.79 Å². The minimum absolute atomic E-state index is 0.154. The summed E-state index contributed by atoms with van der Waals surface area (Å²) in [6.45, 7) is 0. The summed E-state index contributed by atoms with van der Waals surface area (Å²) in [5.41, 5.74) is 4.79. The van der Waals surface area contributed by atoms with Crippen LogP contribution in [0.4, 0.5) is 0 Å². The molecule has 0 fully saturated rings. The van der Waals surface area contributed by atoms with Gasteiger partial charge < -0.3 is 10.2 Å². The maximum atomic E-state index is 10.7. The van der Waals surface area contributed by atoms with E-state index >= 15 is 0 Å². The number of amides is 1. The van der Waals surface area contributed by atoms with E-state index in [4.69, 9.17) is 15.4 Å². The molecule has 0 bridgehead atoms. The molecule has 6 heteroatoms. The van der Waals surface area contributed by atoms with Crippen molar-refractivity contribution >= 4 is 43.8 Å². The number of nitriles is 1. The number of rotatable bonds is 2. The fourth-order valence-corrected chi connectivity index (χ4v) is 1.34. The summed E-state index contributed by atoms with van der Waals surface area (Å²) in [6, 6.07) is 3.29. The molecule has 0 aliphatic carbocycles. The standard InChI is InChI=1S/C8H4Br2N2O2/c9-6-2-5(14-7(6)10)1-4(3-11)8(12)13/h1-2H,(H2,12,13)/b4-1-. The first-order valence-electron chi connectivity index (χ1n) is 3.41. The molecule has 4 nitrogen and oxygen atoms in total. The predicted octanol–water partition coefficient (Wildman–Crippen LogP) is 2.20. The molecule has 0 radical (unpaired) electrons. The number of nitrogens with two attached hydrogens (primary N) is 1. The lowest BCUT2D eigenvalue weighted by atomic mass is 10.2. The fraction of sp³-hybridized carbons (Fsp3) is 0. The van der Waals surface area contributed by atoms with Crippen LogP contribution >= 0.6 is 31.9 Å². The average molecular weight is 320 g/mol. The van der Waals surface area contributed by atoms with Gasteiger partial charge in [0.05, 0.1) is 4.47 Å². The van der Waals surface area contributed by atoms with Crippen molar-refractivity contribution in [2.24, 2.45) is 5.73 Å². The van der Waals surface area contributed by atoms with Crippen LogP contribution in [0.25, 0.3) is 6.08 Å². The van der Waals surface area contributed by atoms with Gasteiger partial charge in [0, 0.05) is 6.08 Å². The maximum absolute atomic E-state index is 10.7. The molecule has 2 N–H and O–H groups in total. The van der Waals surface area contributed by atoms with Gasteiger partial charge in [0.1, 0.15) is 17.4 Å². The molecule has 0 atom stereocenters. The van der Waals surface area contributed by atoms with E-state index in [1.807, 2.05) is 0 Å². The molecule has 72 valence electrons. The van der Waals surface area contributed by atoms with Crippen LogP contribution in [0.3, 0.4) is 0 Å². The molecule has 1 rings (SSSR count). The van der Waals surface area contributed by atoms with Gasteiger partial charge in [-0.15, -0.1) is 0 Å². The Morgan fingerprint density at radius 2 is 2.29 bits per heavy atom. The number of carbonyl (C=O) groups is 1. The predicted molar refractivity (Wildman–Crippen MR) is 56.9 cm³/mol. The van der Waals surface area contributed by atoms with E-state index in [1.165, 1.54) is 6.08 Å². The third kappa shape index (κ3) is 2.47. The van der Waals surface area contributed by atoms with Gasteiger partial charge in [-0.25, -0.2) is 0 Å². The molecule has 0 aliphatic heterocycles. The quantitative estimate of drug-likeness (QED) is 0.670. The third-order valence-electron chi connectivity index (χ3n) is 1.34. The summed E-state index contributed by atoms with van der Waals surface area (Å²) in [6.07, 6.45) is 1.28. The van der Waals surface area contributed by atoms with E-state index in [9.17, 15) is 4.79 Å². The lowest BCUT2D eigenvalue weighted by molar-refractivity contribution is -0.114. The summed E-state index contributed by atoms with van der Waals surface area (Å²) in [7, 11) is 0. The number of halogens is 2. The van der Waals surface area contributed by atoms with E-state index in [0.717, 1.165) is 0 Å². The molecular weight excluding hydrogens is 316 g/mol. The zero-order valence-electron chi connectivity index (χ0n) is 6.75. The Labute approximate surface area is 96.6 Å². The van der Waals surface area contributed by atoms with E-state index in [-0.39, 0.29) is 5.57 Å². The Balaban J connectivity index is 3.08. The fourth-order valence-electron chi connectivity index (χ4n) is 0.735. The van der Waals surface area contributed by atoms with Gasteiger partial charge in [0.15, 0.2) is 4.67 Å². The van der Waals surface area contributed by atoms with Gasteiger partial charge in [-0.1, -0.05) is 0 Å². The smallest absolute Gasteiger partial charge is 0.259 e. The topological polar surface area (TPSA) is 80.0 Å². The molecule has 14 heavy (non-hydrogen) atoms. The van der Waals surface area contributed by atoms with Crippen LogP contribution in [-0.2, 0) is 4.79 Å². The zero-order chi connectivity index (χ0) is 10.7. The lowest BCUT2D eigenvalue weighted by Crippen LogP contribution is -2.12. The minimum Gasteiger partial charge on any atom is -0.449 e. The number of furan rings is 1. The van der Waals surface area contributed by atoms with E-state index in [1.54, 1.807) is 12.1 Å². The molecule has 1 aromatic heterocycles. The van der Waals surface area contributed by atoms with Crippen molar-refractivity contribution in [2.45, 2.75) is 0 Å². The second-order valence-corrected chi connectivity index (χ2v) is 3.88. The van der Waals surface area contributed by atoms with E-state index in [2.05, 4.69) is 31.9 Å². The Morgan fingerprint density at radius 1 is 1.64 bits per heavy atom. The van der Waals surface area contributed by atoms with Crippen molar-refractivity contribution in [3.8, 4) is 6.07 Å². The van der Waals surface area contributed by atoms with Gasteiger partial charge in [0.2, 0.25) is 0 Å². The summed E-state index contributed by atoms with van der Waals surface area (Å²) >= 11 is 6.32. The lowest BCUT2D eigenvalue weighted by Gasteiger charge is -1.88. The van der Waals surface area contributed by atoms with Crippen molar-refractivity contribution in [3.63, 3.8) is 0 Å². The first-order chi connectivity index (χ1) is 6.54. The first-order valence-corrected chi connectivity index (χ1v) is 4.99. The van der Waals surface area contributed by atoms with Crippen LogP contribution in [0.2, 0.25) is 0 Å². The van der Waals surface area contributed by atoms with Gasteiger partial charge in [0.25, 0.3) is 5.91 Å². The average Bonchev–Trinajstić information content (AvgIpc) is 2.41. The minimum atomic E-state index is -0.781. The maximum Gasteiger partial charge on any atom is 0.259 e. The van der Waals surface area contributed by atoms with Crippen molar-refractivity contribution in [2.75, 3.05) is 0 Å². The molecular formula is C8H4Br2N2O2. The van der Waals surface area contributed by atoms with Crippen LogP contribution in [0.5, 0.6) is 0 Å². The first kappa shape index (κ1) is 11.0. The van der Waals surface area contributed by atoms with Gasteiger partial charge in [-0.05, 0) is 37.9 Å². The summed E-state index contributed by atoms with van der Waals surface area (Å²) in [5.74, 6) is -0.407. The number of primary amides is 1. The van der Waals surface area contributed by atoms with Crippen LogP contribution in [0, 0.1) is 11.3 Å². The molecule has 0 aromatic carbocycles. The molecule has 1 aromatic rings. The largest absolute Gasteiger partial charge is 0.449 e. The number of hydrogen-bond acceptors (Lipinski definition) is 3. The van der Waals surface area contributed by atoms with Crippen molar-refractivity contribution in [1.29, 1.82) is 5.26 Å². The highest BCUT2D eigenvalue weighted by molar-refractivity contribution is 9.13. The molecule has 0 aliphatic rings. The molecule has 0 saturated carbocycles. The molecule has 1 heterocycles. The Hall–Kier alpha value is -1.06.